The number of Topliss-reactive ketones (excluding diaryl/α,β-unsaturated/α-hetero) is 9. The molecule has 112 valence electrons. The van der Waals surface area contributed by atoms with E-state index in [9.17, 15) is 52.7 Å². The maximum Gasteiger partial charge on any atom is 0.281 e. The topological polar surface area (TPSA) is 188 Å². The molecule has 0 saturated carbocycles. The molecular formula is C11H2O11. The van der Waals surface area contributed by atoms with Crippen LogP contribution in [0.5, 0.6) is 0 Å². The molecule has 0 aliphatic carbocycles. The number of carbonyl (C=O) groups is 11. The highest BCUT2D eigenvalue weighted by molar-refractivity contribution is 7.02. The summed E-state index contributed by atoms with van der Waals surface area (Å²) in [7, 11) is 0. The van der Waals surface area contributed by atoms with E-state index >= 15 is 0 Å². The van der Waals surface area contributed by atoms with Gasteiger partial charge in [-0.1, -0.05) is 0 Å². The Bertz CT molecular complexity index is 633. The van der Waals surface area contributed by atoms with Crippen molar-refractivity contribution in [3.05, 3.63) is 0 Å². The van der Waals surface area contributed by atoms with Crippen LogP contribution >= 0.6 is 0 Å². The molecule has 0 radical (unpaired) electrons. The molecule has 0 spiro atoms. The van der Waals surface area contributed by atoms with Crippen molar-refractivity contribution in [2.24, 2.45) is 0 Å². The highest BCUT2D eigenvalue weighted by Gasteiger charge is 2.41. The van der Waals surface area contributed by atoms with Gasteiger partial charge in [-0.15, -0.1) is 0 Å². The molecular weight excluding hydrogens is 308 g/mol. The molecule has 0 aliphatic rings. The van der Waals surface area contributed by atoms with Crippen molar-refractivity contribution in [2.45, 2.75) is 0 Å². The molecule has 0 saturated heterocycles. The van der Waals surface area contributed by atoms with Gasteiger partial charge in [-0.05, 0) is 0 Å². The zero-order valence-electron chi connectivity index (χ0n) is 10.1. The summed E-state index contributed by atoms with van der Waals surface area (Å²) in [4.78, 5) is 118. The fourth-order valence-electron chi connectivity index (χ4n) is 0.846. The van der Waals surface area contributed by atoms with Gasteiger partial charge < -0.3 is 0 Å². The van der Waals surface area contributed by atoms with Crippen LogP contribution in [0.3, 0.4) is 0 Å². The lowest BCUT2D eigenvalue weighted by molar-refractivity contribution is -0.155. The Morgan fingerprint density at radius 3 is 0.727 bits per heavy atom. The van der Waals surface area contributed by atoms with E-state index in [1.54, 1.807) is 0 Å². The maximum absolute atomic E-state index is 11.1. The molecule has 0 heterocycles. The van der Waals surface area contributed by atoms with Crippen molar-refractivity contribution >= 4 is 64.6 Å². The Morgan fingerprint density at radius 2 is 0.545 bits per heavy atom. The highest BCUT2D eigenvalue weighted by atomic mass is 16.2. The van der Waals surface area contributed by atoms with E-state index in [0.717, 1.165) is 0 Å². The summed E-state index contributed by atoms with van der Waals surface area (Å²) in [5.41, 5.74) is 0. The summed E-state index contributed by atoms with van der Waals surface area (Å²) in [6.07, 6.45) is -1.28. The van der Waals surface area contributed by atoms with Crippen molar-refractivity contribution in [3.63, 3.8) is 0 Å². The number of hydrogen-bond acceptors (Lipinski definition) is 11. The van der Waals surface area contributed by atoms with Gasteiger partial charge in [0.1, 0.15) is 0 Å². The lowest BCUT2D eigenvalue weighted by Gasteiger charge is -1.95. The molecule has 0 bridgehead atoms. The Labute approximate surface area is 118 Å². The van der Waals surface area contributed by atoms with Gasteiger partial charge in [0.15, 0.2) is 12.6 Å². The molecule has 0 aromatic rings. The van der Waals surface area contributed by atoms with Crippen LogP contribution in [0, 0.1) is 0 Å². The average molecular weight is 310 g/mol. The number of aldehydes is 2. The normalized spacial score (nSPS) is 9.09. The summed E-state index contributed by atoms with van der Waals surface area (Å²) in [6.45, 7) is 0. The number of carbonyl (C=O) groups excluding carboxylic acids is 11. The molecule has 22 heavy (non-hydrogen) atoms. The second-order valence-electron chi connectivity index (χ2n) is 3.27. The lowest BCUT2D eigenvalue weighted by Crippen LogP contribution is -2.43. The van der Waals surface area contributed by atoms with Gasteiger partial charge in [-0.2, -0.15) is 0 Å². The van der Waals surface area contributed by atoms with Gasteiger partial charge >= 0.3 is 0 Å². The summed E-state index contributed by atoms with van der Waals surface area (Å²) in [6, 6.07) is 0. The maximum atomic E-state index is 11.1. The SMILES string of the molecule is O=CC(=O)C(=O)C(=O)C(=O)C(=O)C(=O)C(=O)C(=O)C(=O)C=O. The minimum Gasteiger partial charge on any atom is -0.294 e. The smallest absolute Gasteiger partial charge is 0.281 e. The zero-order valence-corrected chi connectivity index (χ0v) is 10.1. The minimum absolute atomic E-state index is 0.642. The van der Waals surface area contributed by atoms with E-state index in [1.165, 1.54) is 0 Å². The minimum atomic E-state index is -2.48. The van der Waals surface area contributed by atoms with Crippen LogP contribution in [0.2, 0.25) is 0 Å². The summed E-state index contributed by atoms with van der Waals surface area (Å²) < 4.78 is 0. The largest absolute Gasteiger partial charge is 0.294 e. The third-order valence-electron chi connectivity index (χ3n) is 1.90. The number of hydrogen-bond donors (Lipinski definition) is 0. The summed E-state index contributed by atoms with van der Waals surface area (Å²) >= 11 is 0. The van der Waals surface area contributed by atoms with E-state index in [0.29, 0.717) is 0 Å². The van der Waals surface area contributed by atoms with Gasteiger partial charge in [-0.3, -0.25) is 52.7 Å². The molecule has 0 aromatic heterocycles. The van der Waals surface area contributed by atoms with Crippen molar-refractivity contribution in [3.8, 4) is 0 Å². The zero-order chi connectivity index (χ0) is 17.6. The first kappa shape index (κ1) is 18.4. The van der Waals surface area contributed by atoms with E-state index < -0.39 is 64.6 Å². The summed E-state index contributed by atoms with van der Waals surface area (Å²) in [5, 5.41) is 0. The standard InChI is InChI=1S/C11H2O11/c12-1-3(14)5(16)7(18)9(20)11(22)10(21)8(19)6(17)4(15)2-13/h1-2H. The fourth-order valence-corrected chi connectivity index (χ4v) is 0.846. The average Bonchev–Trinajstić information content (AvgIpc) is 2.55. The predicted octanol–water partition coefficient (Wildman–Crippen LogP) is -4.49. The number of rotatable bonds is 10. The van der Waals surface area contributed by atoms with E-state index in [1.807, 2.05) is 0 Å². The molecule has 11 nitrogen and oxygen atoms in total. The van der Waals surface area contributed by atoms with Crippen LogP contribution in [-0.2, 0) is 52.7 Å². The molecule has 0 N–H and O–H groups in total. The first-order valence-electron chi connectivity index (χ1n) is 4.89. The van der Waals surface area contributed by atoms with Crippen LogP contribution in [0.4, 0.5) is 0 Å². The van der Waals surface area contributed by atoms with Crippen molar-refractivity contribution in [1.82, 2.24) is 0 Å². The van der Waals surface area contributed by atoms with Gasteiger partial charge in [0.25, 0.3) is 52.0 Å². The molecule has 11 heteroatoms. The van der Waals surface area contributed by atoms with E-state index in [2.05, 4.69) is 0 Å². The summed E-state index contributed by atoms with van der Waals surface area (Å²) in [5.74, 6) is -20.6. The highest BCUT2D eigenvalue weighted by Crippen LogP contribution is 1.91. The lowest BCUT2D eigenvalue weighted by atomic mass is 10.00. The third-order valence-corrected chi connectivity index (χ3v) is 1.90. The van der Waals surface area contributed by atoms with Crippen LogP contribution in [0.1, 0.15) is 0 Å². The second kappa shape index (κ2) is 7.23. The quantitative estimate of drug-likeness (QED) is 0.215. The molecule has 0 unspecified atom stereocenters. The molecule has 0 aromatic carbocycles. The molecule has 0 aliphatic heterocycles. The van der Waals surface area contributed by atoms with Crippen LogP contribution in [-0.4, -0.2) is 64.6 Å². The first-order valence-corrected chi connectivity index (χ1v) is 4.89. The second-order valence-corrected chi connectivity index (χ2v) is 3.27. The Hall–Kier alpha value is -3.63. The van der Waals surface area contributed by atoms with Crippen LogP contribution < -0.4 is 0 Å². The number of ketones is 9. The Balaban J connectivity index is 5.28. The van der Waals surface area contributed by atoms with Gasteiger partial charge in [-0.25, -0.2) is 0 Å². The van der Waals surface area contributed by atoms with Crippen molar-refractivity contribution in [2.75, 3.05) is 0 Å². The predicted molar refractivity (Wildman–Crippen MR) is 57.2 cm³/mol. The van der Waals surface area contributed by atoms with Crippen LogP contribution in [0.15, 0.2) is 0 Å². The molecule has 0 atom stereocenters. The van der Waals surface area contributed by atoms with Crippen LogP contribution in [0.25, 0.3) is 0 Å². The Morgan fingerprint density at radius 1 is 0.364 bits per heavy atom. The third kappa shape index (κ3) is 3.69. The molecule has 0 rings (SSSR count). The fraction of sp³-hybridized carbons (Fsp3) is 0. The molecule has 0 amide bonds. The van der Waals surface area contributed by atoms with Crippen molar-refractivity contribution in [1.29, 1.82) is 0 Å². The molecule has 0 fully saturated rings. The van der Waals surface area contributed by atoms with E-state index in [-0.39, 0.29) is 0 Å². The van der Waals surface area contributed by atoms with Gasteiger partial charge in [0.2, 0.25) is 0 Å². The monoisotopic (exact) mass is 310 g/mol. The van der Waals surface area contributed by atoms with E-state index in [4.69, 9.17) is 0 Å². The van der Waals surface area contributed by atoms with Gasteiger partial charge in [0.05, 0.1) is 0 Å². The van der Waals surface area contributed by atoms with Gasteiger partial charge in [0, 0.05) is 0 Å². The van der Waals surface area contributed by atoms with Crippen molar-refractivity contribution < 1.29 is 52.7 Å². The first-order chi connectivity index (χ1) is 10.1. The Kier molecular flexibility index (Phi) is 6.04.